The molecule has 2 aromatic rings. The van der Waals surface area contributed by atoms with Crippen molar-refractivity contribution in [2.75, 3.05) is 18.4 Å². The van der Waals surface area contributed by atoms with Crippen molar-refractivity contribution >= 4 is 23.2 Å². The lowest BCUT2D eigenvalue weighted by Crippen LogP contribution is -2.14. The van der Waals surface area contributed by atoms with Crippen molar-refractivity contribution in [3.63, 3.8) is 0 Å². The fourth-order valence-corrected chi connectivity index (χ4v) is 2.81. The van der Waals surface area contributed by atoms with Gasteiger partial charge in [-0.3, -0.25) is 4.79 Å². The van der Waals surface area contributed by atoms with Crippen LogP contribution >= 0.6 is 11.6 Å². The van der Waals surface area contributed by atoms with Gasteiger partial charge in [0.05, 0.1) is 5.56 Å². The molecular weight excluding hydrogens is 303 g/mol. The summed E-state index contributed by atoms with van der Waals surface area (Å²) in [7, 11) is 0. The molecule has 1 aliphatic heterocycles. The maximum Gasteiger partial charge on any atom is 0.258 e. The van der Waals surface area contributed by atoms with Gasteiger partial charge in [0.25, 0.3) is 5.91 Å². The van der Waals surface area contributed by atoms with Crippen LogP contribution in [-0.2, 0) is 0 Å². The maximum atomic E-state index is 13.7. The van der Waals surface area contributed by atoms with Crippen LogP contribution in [0.5, 0.6) is 0 Å². The molecule has 1 heterocycles. The molecule has 0 aromatic heterocycles. The normalized spacial score (nSPS) is 17.5. The van der Waals surface area contributed by atoms with Gasteiger partial charge in [-0.2, -0.15) is 0 Å². The van der Waals surface area contributed by atoms with Gasteiger partial charge in [0.15, 0.2) is 0 Å². The third-order valence-electron chi connectivity index (χ3n) is 3.88. The van der Waals surface area contributed by atoms with Gasteiger partial charge in [0, 0.05) is 17.3 Å². The minimum Gasteiger partial charge on any atom is -0.322 e. The number of hydrogen-bond donors (Lipinski definition) is 2. The smallest absolute Gasteiger partial charge is 0.258 e. The number of benzene rings is 2. The molecule has 0 radical (unpaired) electrons. The van der Waals surface area contributed by atoms with Crippen LogP contribution in [0.1, 0.15) is 28.3 Å². The van der Waals surface area contributed by atoms with Crippen LogP contribution < -0.4 is 10.6 Å². The van der Waals surface area contributed by atoms with E-state index in [-0.39, 0.29) is 10.6 Å². The maximum absolute atomic E-state index is 13.7. The van der Waals surface area contributed by atoms with Crippen LogP contribution in [-0.4, -0.2) is 19.0 Å². The van der Waals surface area contributed by atoms with Crippen molar-refractivity contribution in [2.24, 2.45) is 0 Å². The molecule has 0 spiro atoms. The van der Waals surface area contributed by atoms with E-state index in [1.165, 1.54) is 17.7 Å². The molecule has 3 nitrogen and oxygen atoms in total. The molecule has 2 N–H and O–H groups in total. The Morgan fingerprint density at radius 3 is 2.64 bits per heavy atom. The monoisotopic (exact) mass is 318 g/mol. The van der Waals surface area contributed by atoms with E-state index in [1.54, 1.807) is 0 Å². The second-order valence-corrected chi connectivity index (χ2v) is 5.83. The van der Waals surface area contributed by atoms with Crippen LogP contribution in [0.15, 0.2) is 42.5 Å². The molecule has 0 bridgehead atoms. The Morgan fingerprint density at radius 1 is 1.23 bits per heavy atom. The van der Waals surface area contributed by atoms with Crippen molar-refractivity contribution < 1.29 is 9.18 Å². The van der Waals surface area contributed by atoms with Crippen LogP contribution in [0.3, 0.4) is 0 Å². The molecular formula is C17H16ClFN2O. The fraction of sp³-hybridized carbons (Fsp3) is 0.235. The lowest BCUT2D eigenvalue weighted by atomic mass is 9.98. The fourth-order valence-electron chi connectivity index (χ4n) is 2.65. The first-order valence-corrected chi connectivity index (χ1v) is 7.58. The predicted molar refractivity (Wildman–Crippen MR) is 86.0 cm³/mol. The third kappa shape index (κ3) is 3.29. The van der Waals surface area contributed by atoms with Crippen LogP contribution in [0.2, 0.25) is 5.02 Å². The zero-order chi connectivity index (χ0) is 15.5. The number of anilines is 1. The standard InChI is InChI=1S/C17H16ClFN2O/c18-13-3-6-15(16(19)9-13)17(22)21-14-4-1-11(2-5-14)12-7-8-20-10-12/h1-6,9,12,20H,7-8,10H2,(H,21,22)/t12-/m0/s1. The summed E-state index contributed by atoms with van der Waals surface area (Å²) in [5.74, 6) is -0.582. The van der Waals surface area contributed by atoms with Crippen LogP contribution in [0, 0.1) is 5.82 Å². The first-order valence-electron chi connectivity index (χ1n) is 7.20. The van der Waals surface area contributed by atoms with Gasteiger partial charge in [0.1, 0.15) is 5.82 Å². The molecule has 1 atom stereocenters. The zero-order valence-electron chi connectivity index (χ0n) is 11.9. The summed E-state index contributed by atoms with van der Waals surface area (Å²) in [6, 6.07) is 11.7. The molecule has 1 fully saturated rings. The highest BCUT2D eigenvalue weighted by atomic mass is 35.5. The Bertz CT molecular complexity index is 682. The van der Waals surface area contributed by atoms with E-state index in [2.05, 4.69) is 10.6 Å². The summed E-state index contributed by atoms with van der Waals surface area (Å²) in [5.41, 5.74) is 1.88. The number of amides is 1. The van der Waals surface area contributed by atoms with Gasteiger partial charge < -0.3 is 10.6 Å². The SMILES string of the molecule is O=C(Nc1ccc([C@H]2CCNC2)cc1)c1ccc(Cl)cc1F. The highest BCUT2D eigenvalue weighted by molar-refractivity contribution is 6.30. The molecule has 1 aliphatic rings. The number of nitrogens with one attached hydrogen (secondary N) is 2. The topological polar surface area (TPSA) is 41.1 Å². The molecule has 114 valence electrons. The van der Waals surface area contributed by atoms with E-state index in [1.807, 2.05) is 24.3 Å². The van der Waals surface area contributed by atoms with E-state index in [4.69, 9.17) is 11.6 Å². The average molecular weight is 319 g/mol. The largest absolute Gasteiger partial charge is 0.322 e. The second-order valence-electron chi connectivity index (χ2n) is 5.39. The summed E-state index contributed by atoms with van der Waals surface area (Å²) < 4.78 is 13.7. The lowest BCUT2D eigenvalue weighted by molar-refractivity contribution is 0.102. The number of rotatable bonds is 3. The Balaban J connectivity index is 1.71. The highest BCUT2D eigenvalue weighted by Crippen LogP contribution is 2.24. The van der Waals surface area contributed by atoms with Crippen molar-refractivity contribution in [1.82, 2.24) is 5.32 Å². The minimum absolute atomic E-state index is 0.0199. The van der Waals surface area contributed by atoms with Gasteiger partial charge in [0.2, 0.25) is 0 Å². The molecule has 2 aromatic carbocycles. The van der Waals surface area contributed by atoms with Gasteiger partial charge in [-0.15, -0.1) is 0 Å². The summed E-state index contributed by atoms with van der Waals surface area (Å²) in [4.78, 5) is 12.1. The van der Waals surface area contributed by atoms with E-state index in [0.29, 0.717) is 11.6 Å². The first kappa shape index (κ1) is 15.0. The van der Waals surface area contributed by atoms with Crippen LogP contribution in [0.4, 0.5) is 10.1 Å². The predicted octanol–water partition coefficient (Wildman–Crippen LogP) is 3.81. The van der Waals surface area contributed by atoms with Crippen molar-refractivity contribution in [3.05, 3.63) is 64.4 Å². The Hall–Kier alpha value is -1.91. The number of halogens is 2. The first-order chi connectivity index (χ1) is 10.6. The summed E-state index contributed by atoms with van der Waals surface area (Å²) in [6.45, 7) is 2.03. The molecule has 3 rings (SSSR count). The summed E-state index contributed by atoms with van der Waals surface area (Å²) >= 11 is 5.68. The molecule has 1 amide bonds. The van der Waals surface area contributed by atoms with E-state index in [9.17, 15) is 9.18 Å². The molecule has 1 saturated heterocycles. The Labute approximate surface area is 133 Å². The molecule has 0 unspecified atom stereocenters. The van der Waals surface area contributed by atoms with Gasteiger partial charge in [-0.25, -0.2) is 4.39 Å². The average Bonchev–Trinajstić information content (AvgIpc) is 3.02. The van der Waals surface area contributed by atoms with E-state index < -0.39 is 11.7 Å². The minimum atomic E-state index is -0.626. The number of carbonyl (C=O) groups excluding carboxylic acids is 1. The molecule has 22 heavy (non-hydrogen) atoms. The summed E-state index contributed by atoms with van der Waals surface area (Å²) in [5, 5.41) is 6.29. The quantitative estimate of drug-likeness (QED) is 0.903. The van der Waals surface area contributed by atoms with Crippen molar-refractivity contribution in [3.8, 4) is 0 Å². The van der Waals surface area contributed by atoms with Gasteiger partial charge in [-0.1, -0.05) is 23.7 Å². The van der Waals surface area contributed by atoms with Crippen molar-refractivity contribution in [1.29, 1.82) is 0 Å². The molecule has 0 aliphatic carbocycles. The second kappa shape index (κ2) is 6.46. The Morgan fingerprint density at radius 2 is 2.00 bits per heavy atom. The Kier molecular flexibility index (Phi) is 4.41. The molecule has 5 heteroatoms. The summed E-state index contributed by atoms with van der Waals surface area (Å²) in [6.07, 6.45) is 1.13. The number of carbonyl (C=O) groups is 1. The van der Waals surface area contributed by atoms with Crippen molar-refractivity contribution in [2.45, 2.75) is 12.3 Å². The van der Waals surface area contributed by atoms with Gasteiger partial charge >= 0.3 is 0 Å². The molecule has 0 saturated carbocycles. The zero-order valence-corrected chi connectivity index (χ0v) is 12.7. The number of hydrogen-bond acceptors (Lipinski definition) is 2. The highest BCUT2D eigenvalue weighted by Gasteiger charge is 2.17. The lowest BCUT2D eigenvalue weighted by Gasteiger charge is -2.11. The van der Waals surface area contributed by atoms with Gasteiger partial charge in [-0.05, 0) is 54.8 Å². The van der Waals surface area contributed by atoms with E-state index >= 15 is 0 Å². The van der Waals surface area contributed by atoms with E-state index in [0.717, 1.165) is 25.6 Å². The van der Waals surface area contributed by atoms with Crippen LogP contribution in [0.25, 0.3) is 0 Å². The third-order valence-corrected chi connectivity index (χ3v) is 4.11.